The molecule has 1 aromatic carbocycles. The molecule has 0 fully saturated rings. The number of rotatable bonds is 1. The van der Waals surface area contributed by atoms with Crippen LogP contribution in [0.5, 0.6) is 0 Å². The molecule has 0 saturated carbocycles. The first-order chi connectivity index (χ1) is 6.77. The quantitative estimate of drug-likeness (QED) is 0.697. The van der Waals surface area contributed by atoms with Crippen molar-refractivity contribution in [3.05, 3.63) is 53.4 Å². The average Bonchev–Trinajstić information content (AvgIpc) is 2.19. The molecule has 70 valence electrons. The fraction of sp³-hybridized carbons (Fsp3) is 0. The van der Waals surface area contributed by atoms with Gasteiger partial charge in [0.05, 0.1) is 5.69 Å². The highest BCUT2D eigenvalue weighted by molar-refractivity contribution is 6.30. The van der Waals surface area contributed by atoms with E-state index in [1.165, 1.54) is 6.07 Å². The van der Waals surface area contributed by atoms with E-state index in [4.69, 9.17) is 11.6 Å². The molecule has 1 nitrogen and oxygen atoms in total. The van der Waals surface area contributed by atoms with Crippen molar-refractivity contribution in [3.63, 3.8) is 0 Å². The molecule has 0 radical (unpaired) electrons. The van der Waals surface area contributed by atoms with Crippen LogP contribution < -0.4 is 0 Å². The Balaban J connectivity index is 2.53. The summed E-state index contributed by atoms with van der Waals surface area (Å²) >= 11 is 5.64. The zero-order valence-corrected chi connectivity index (χ0v) is 8.00. The Kier molecular flexibility index (Phi) is 2.46. The summed E-state index contributed by atoms with van der Waals surface area (Å²) < 4.78 is 13.4. The van der Waals surface area contributed by atoms with Gasteiger partial charge in [-0.15, -0.1) is 0 Å². The van der Waals surface area contributed by atoms with Crippen LogP contribution in [0.2, 0.25) is 5.02 Å². The van der Waals surface area contributed by atoms with Crippen LogP contribution in [0.15, 0.2) is 42.6 Å². The van der Waals surface area contributed by atoms with Crippen LogP contribution in [-0.2, 0) is 0 Å². The number of halogens is 2. The van der Waals surface area contributed by atoms with Crippen LogP contribution >= 0.6 is 11.6 Å². The molecule has 0 atom stereocenters. The number of benzene rings is 1. The third kappa shape index (κ3) is 1.75. The molecule has 0 aliphatic rings. The molecule has 0 N–H and O–H groups in total. The van der Waals surface area contributed by atoms with Crippen molar-refractivity contribution in [2.24, 2.45) is 0 Å². The van der Waals surface area contributed by atoms with Crippen LogP contribution in [0.1, 0.15) is 0 Å². The number of pyridine rings is 1. The second-order valence-corrected chi connectivity index (χ2v) is 3.28. The van der Waals surface area contributed by atoms with E-state index in [1.54, 1.807) is 30.5 Å². The number of hydrogen-bond donors (Lipinski definition) is 0. The summed E-state index contributed by atoms with van der Waals surface area (Å²) in [6, 6.07) is 9.92. The average molecular weight is 208 g/mol. The van der Waals surface area contributed by atoms with Gasteiger partial charge < -0.3 is 0 Å². The molecular formula is C11H7ClFN. The van der Waals surface area contributed by atoms with Crippen molar-refractivity contribution < 1.29 is 4.39 Å². The lowest BCUT2D eigenvalue weighted by Crippen LogP contribution is -1.86. The van der Waals surface area contributed by atoms with Crippen LogP contribution in [0.25, 0.3) is 11.3 Å². The van der Waals surface area contributed by atoms with E-state index in [9.17, 15) is 4.39 Å². The highest BCUT2D eigenvalue weighted by atomic mass is 35.5. The van der Waals surface area contributed by atoms with Crippen molar-refractivity contribution in [3.8, 4) is 11.3 Å². The Morgan fingerprint density at radius 2 is 2.00 bits per heavy atom. The van der Waals surface area contributed by atoms with Gasteiger partial charge in [-0.25, -0.2) is 4.39 Å². The van der Waals surface area contributed by atoms with Gasteiger partial charge >= 0.3 is 0 Å². The molecule has 0 aliphatic heterocycles. The zero-order chi connectivity index (χ0) is 9.97. The summed E-state index contributed by atoms with van der Waals surface area (Å²) in [5, 5.41) is 0.391. The molecule has 0 unspecified atom stereocenters. The van der Waals surface area contributed by atoms with E-state index in [0.29, 0.717) is 16.3 Å². The maximum atomic E-state index is 13.4. The topological polar surface area (TPSA) is 12.9 Å². The summed E-state index contributed by atoms with van der Waals surface area (Å²) in [6.07, 6.45) is 1.63. The molecule has 0 amide bonds. The Morgan fingerprint density at radius 3 is 2.64 bits per heavy atom. The number of aromatic nitrogens is 1. The van der Waals surface area contributed by atoms with Gasteiger partial charge in [0.15, 0.2) is 0 Å². The van der Waals surface area contributed by atoms with Gasteiger partial charge in [-0.2, -0.15) is 0 Å². The van der Waals surface area contributed by atoms with Gasteiger partial charge in [0.2, 0.25) is 0 Å². The van der Waals surface area contributed by atoms with E-state index in [0.717, 1.165) is 0 Å². The molecule has 0 spiro atoms. The van der Waals surface area contributed by atoms with Crippen molar-refractivity contribution in [1.29, 1.82) is 0 Å². The molecule has 0 aliphatic carbocycles. The van der Waals surface area contributed by atoms with Crippen molar-refractivity contribution in [2.45, 2.75) is 0 Å². The largest absolute Gasteiger partial charge is 0.256 e. The van der Waals surface area contributed by atoms with Crippen LogP contribution in [0, 0.1) is 5.82 Å². The molecular weight excluding hydrogens is 201 g/mol. The molecule has 1 aromatic heterocycles. The number of nitrogens with zero attached hydrogens (tertiary/aromatic N) is 1. The van der Waals surface area contributed by atoms with Crippen molar-refractivity contribution >= 4 is 11.6 Å². The monoisotopic (exact) mass is 207 g/mol. The third-order valence-electron chi connectivity index (χ3n) is 1.87. The van der Waals surface area contributed by atoms with Crippen molar-refractivity contribution in [1.82, 2.24) is 4.98 Å². The predicted octanol–water partition coefficient (Wildman–Crippen LogP) is 3.54. The molecule has 2 aromatic rings. The molecule has 0 saturated heterocycles. The Hall–Kier alpha value is -1.41. The maximum absolute atomic E-state index is 13.4. The third-order valence-corrected chi connectivity index (χ3v) is 2.11. The lowest BCUT2D eigenvalue weighted by atomic mass is 10.1. The SMILES string of the molecule is Fc1cc(Cl)ccc1-c1ccccn1. The summed E-state index contributed by atoms with van der Waals surface area (Å²) in [7, 11) is 0. The van der Waals surface area contributed by atoms with Gasteiger partial charge in [0, 0.05) is 16.8 Å². The molecule has 0 bridgehead atoms. The Morgan fingerprint density at radius 1 is 1.14 bits per heavy atom. The van der Waals surface area contributed by atoms with Crippen LogP contribution in [0.4, 0.5) is 4.39 Å². The van der Waals surface area contributed by atoms with Gasteiger partial charge in [-0.05, 0) is 30.3 Å². The normalized spacial score (nSPS) is 10.1. The summed E-state index contributed by atoms with van der Waals surface area (Å²) in [5.74, 6) is -0.351. The van der Waals surface area contributed by atoms with Gasteiger partial charge in [0.1, 0.15) is 5.82 Å². The number of hydrogen-bond acceptors (Lipinski definition) is 1. The van der Waals surface area contributed by atoms with Crippen LogP contribution in [-0.4, -0.2) is 4.98 Å². The van der Waals surface area contributed by atoms with Crippen LogP contribution in [0.3, 0.4) is 0 Å². The maximum Gasteiger partial charge on any atom is 0.134 e. The molecule has 1 heterocycles. The minimum Gasteiger partial charge on any atom is -0.256 e. The first kappa shape index (κ1) is 9.16. The smallest absolute Gasteiger partial charge is 0.134 e. The second-order valence-electron chi connectivity index (χ2n) is 2.84. The Bertz CT molecular complexity index is 442. The fourth-order valence-electron chi connectivity index (χ4n) is 1.22. The second kappa shape index (κ2) is 3.76. The van der Waals surface area contributed by atoms with Gasteiger partial charge in [-0.3, -0.25) is 4.98 Å². The molecule has 3 heteroatoms. The van der Waals surface area contributed by atoms with E-state index >= 15 is 0 Å². The Labute approximate surface area is 86.2 Å². The molecule has 2 rings (SSSR count). The first-order valence-corrected chi connectivity index (χ1v) is 4.51. The van der Waals surface area contributed by atoms with E-state index in [1.807, 2.05) is 6.07 Å². The first-order valence-electron chi connectivity index (χ1n) is 4.14. The van der Waals surface area contributed by atoms with E-state index in [-0.39, 0.29) is 5.82 Å². The fourth-order valence-corrected chi connectivity index (χ4v) is 1.38. The highest BCUT2D eigenvalue weighted by Crippen LogP contribution is 2.22. The van der Waals surface area contributed by atoms with Gasteiger partial charge in [-0.1, -0.05) is 17.7 Å². The van der Waals surface area contributed by atoms with E-state index < -0.39 is 0 Å². The minimum atomic E-state index is -0.351. The predicted molar refractivity (Wildman–Crippen MR) is 54.6 cm³/mol. The van der Waals surface area contributed by atoms with Crippen molar-refractivity contribution in [2.75, 3.05) is 0 Å². The summed E-state index contributed by atoms with van der Waals surface area (Å²) in [6.45, 7) is 0. The lowest BCUT2D eigenvalue weighted by Gasteiger charge is -2.01. The minimum absolute atomic E-state index is 0.351. The standard InChI is InChI=1S/C11H7ClFN/c12-8-4-5-9(10(13)7-8)11-3-1-2-6-14-11/h1-7H. The lowest BCUT2D eigenvalue weighted by molar-refractivity contribution is 0.631. The molecule has 14 heavy (non-hydrogen) atoms. The zero-order valence-electron chi connectivity index (χ0n) is 7.24. The summed E-state index contributed by atoms with van der Waals surface area (Å²) in [5.41, 5.74) is 1.08. The highest BCUT2D eigenvalue weighted by Gasteiger charge is 2.05. The summed E-state index contributed by atoms with van der Waals surface area (Å²) in [4.78, 5) is 4.06. The van der Waals surface area contributed by atoms with Gasteiger partial charge in [0.25, 0.3) is 0 Å². The van der Waals surface area contributed by atoms with E-state index in [2.05, 4.69) is 4.98 Å².